The number of aromatic nitrogens is 2. The highest BCUT2D eigenvalue weighted by atomic mass is 79.9. The van der Waals surface area contributed by atoms with Crippen molar-refractivity contribution >= 4 is 33.2 Å². The molecule has 0 aliphatic rings. The van der Waals surface area contributed by atoms with Crippen LogP contribution in [0.25, 0.3) is 10.6 Å². The minimum absolute atomic E-state index is 0.113. The largest absolute Gasteiger partial charge is 0.481 e. The lowest BCUT2D eigenvalue weighted by Gasteiger charge is -2.02. The summed E-state index contributed by atoms with van der Waals surface area (Å²) in [7, 11) is 0. The Morgan fingerprint density at radius 2 is 2.29 bits per heavy atom. The second-order valence-corrected chi connectivity index (χ2v) is 6.19. The number of carboxylic acid groups (broad SMARTS) is 1. The summed E-state index contributed by atoms with van der Waals surface area (Å²) in [6.45, 7) is 0.811. The molecule has 1 aromatic carbocycles. The van der Waals surface area contributed by atoms with Crippen molar-refractivity contribution in [2.75, 3.05) is 6.54 Å². The second kappa shape index (κ2) is 7.48. The first-order valence-electron chi connectivity index (χ1n) is 6.32. The molecule has 2 aromatic rings. The standard InChI is InChI=1S/C13H14BrN3O3S/c14-10-4-1-3-9(7-10)12-16-17(13(20)21-12)8-15-6-2-5-11(18)19/h1,3-4,7,15H,2,5-6,8H2,(H,18,19). The maximum Gasteiger partial charge on any atom is 0.326 e. The first-order valence-corrected chi connectivity index (χ1v) is 7.93. The molecule has 0 unspecified atom stereocenters. The van der Waals surface area contributed by atoms with Crippen LogP contribution in [0.15, 0.2) is 33.5 Å². The highest BCUT2D eigenvalue weighted by Gasteiger charge is 2.08. The summed E-state index contributed by atoms with van der Waals surface area (Å²) < 4.78 is 2.28. The fourth-order valence-corrected chi connectivity index (χ4v) is 2.85. The number of halogens is 1. The Morgan fingerprint density at radius 3 is 3.00 bits per heavy atom. The van der Waals surface area contributed by atoms with Gasteiger partial charge in [-0.15, -0.1) is 0 Å². The number of aliphatic carboxylic acids is 1. The van der Waals surface area contributed by atoms with E-state index in [-0.39, 0.29) is 18.0 Å². The number of benzene rings is 1. The van der Waals surface area contributed by atoms with Gasteiger partial charge in [0, 0.05) is 16.5 Å². The molecule has 0 amide bonds. The van der Waals surface area contributed by atoms with Crippen molar-refractivity contribution in [3.05, 3.63) is 38.4 Å². The van der Waals surface area contributed by atoms with Crippen molar-refractivity contribution in [1.82, 2.24) is 15.1 Å². The molecule has 0 spiro atoms. The van der Waals surface area contributed by atoms with Crippen LogP contribution in [0.3, 0.4) is 0 Å². The lowest BCUT2D eigenvalue weighted by atomic mass is 10.2. The number of nitrogens with one attached hydrogen (secondary N) is 1. The van der Waals surface area contributed by atoms with Crippen molar-refractivity contribution in [2.45, 2.75) is 19.5 Å². The maximum absolute atomic E-state index is 11.8. The van der Waals surface area contributed by atoms with Gasteiger partial charge in [-0.25, -0.2) is 4.68 Å². The molecule has 0 saturated heterocycles. The molecule has 0 aliphatic heterocycles. The van der Waals surface area contributed by atoms with E-state index < -0.39 is 5.97 Å². The van der Waals surface area contributed by atoms with Gasteiger partial charge in [-0.1, -0.05) is 39.4 Å². The number of rotatable bonds is 7. The molecule has 0 bridgehead atoms. The molecule has 2 N–H and O–H groups in total. The van der Waals surface area contributed by atoms with Crippen LogP contribution in [0.1, 0.15) is 12.8 Å². The minimum atomic E-state index is -0.820. The quantitative estimate of drug-likeness (QED) is 0.728. The molecular formula is C13H14BrN3O3S. The Hall–Kier alpha value is -1.51. The van der Waals surface area contributed by atoms with Crippen LogP contribution < -0.4 is 10.2 Å². The van der Waals surface area contributed by atoms with Crippen molar-refractivity contribution < 1.29 is 9.90 Å². The molecule has 6 nitrogen and oxygen atoms in total. The van der Waals surface area contributed by atoms with Gasteiger partial charge < -0.3 is 5.11 Å². The molecule has 1 aromatic heterocycles. The summed E-state index contributed by atoms with van der Waals surface area (Å²) in [5, 5.41) is 16.5. The predicted molar refractivity (Wildman–Crippen MR) is 84.4 cm³/mol. The van der Waals surface area contributed by atoms with Crippen LogP contribution in [0.5, 0.6) is 0 Å². The summed E-state index contributed by atoms with van der Waals surface area (Å²) in [5.74, 6) is -0.820. The van der Waals surface area contributed by atoms with Gasteiger partial charge in [-0.3, -0.25) is 14.9 Å². The average Bonchev–Trinajstić information content (AvgIpc) is 2.80. The number of nitrogens with zero attached hydrogens (tertiary/aromatic N) is 2. The van der Waals surface area contributed by atoms with E-state index >= 15 is 0 Å². The number of hydrogen-bond donors (Lipinski definition) is 2. The average molecular weight is 372 g/mol. The Bertz CT molecular complexity index is 683. The van der Waals surface area contributed by atoms with Crippen molar-refractivity contribution in [3.8, 4) is 10.6 Å². The Labute approximate surface area is 133 Å². The molecule has 0 fully saturated rings. The number of hydrogen-bond acceptors (Lipinski definition) is 5. The Kier molecular flexibility index (Phi) is 5.66. The molecule has 0 saturated carbocycles. The topological polar surface area (TPSA) is 84.2 Å². The fourth-order valence-electron chi connectivity index (χ4n) is 1.69. The summed E-state index contributed by atoms with van der Waals surface area (Å²) in [4.78, 5) is 22.1. The monoisotopic (exact) mass is 371 g/mol. The van der Waals surface area contributed by atoms with E-state index in [0.717, 1.165) is 21.4 Å². The van der Waals surface area contributed by atoms with Crippen molar-refractivity contribution in [2.24, 2.45) is 0 Å². The van der Waals surface area contributed by atoms with Crippen LogP contribution in [0.4, 0.5) is 0 Å². The van der Waals surface area contributed by atoms with Gasteiger partial charge in [-0.05, 0) is 25.1 Å². The van der Waals surface area contributed by atoms with Crippen LogP contribution in [-0.4, -0.2) is 27.4 Å². The molecule has 0 radical (unpaired) electrons. The third-order valence-electron chi connectivity index (χ3n) is 2.68. The maximum atomic E-state index is 11.8. The van der Waals surface area contributed by atoms with Gasteiger partial charge in [0.2, 0.25) is 0 Å². The summed E-state index contributed by atoms with van der Waals surface area (Å²) in [5.41, 5.74) is 0.885. The number of carboxylic acids is 1. The van der Waals surface area contributed by atoms with Gasteiger partial charge in [-0.2, -0.15) is 5.10 Å². The van der Waals surface area contributed by atoms with Crippen molar-refractivity contribution in [3.63, 3.8) is 0 Å². The molecule has 1 heterocycles. The molecule has 21 heavy (non-hydrogen) atoms. The lowest BCUT2D eigenvalue weighted by Crippen LogP contribution is -2.26. The smallest absolute Gasteiger partial charge is 0.326 e. The zero-order chi connectivity index (χ0) is 15.2. The SMILES string of the molecule is O=C(O)CCCNCn1nc(-c2cccc(Br)c2)sc1=O. The van der Waals surface area contributed by atoms with Crippen LogP contribution in [0.2, 0.25) is 0 Å². The van der Waals surface area contributed by atoms with E-state index in [4.69, 9.17) is 5.11 Å². The van der Waals surface area contributed by atoms with Crippen LogP contribution in [-0.2, 0) is 11.5 Å². The summed E-state index contributed by atoms with van der Waals surface area (Å²) in [6, 6.07) is 7.60. The van der Waals surface area contributed by atoms with E-state index in [9.17, 15) is 9.59 Å². The van der Waals surface area contributed by atoms with Gasteiger partial charge in [0.1, 0.15) is 5.01 Å². The van der Waals surface area contributed by atoms with Gasteiger partial charge in [0.05, 0.1) is 6.67 Å². The van der Waals surface area contributed by atoms with Crippen LogP contribution >= 0.6 is 27.3 Å². The Morgan fingerprint density at radius 1 is 1.48 bits per heavy atom. The Balaban J connectivity index is 1.96. The highest BCUT2D eigenvalue weighted by molar-refractivity contribution is 9.10. The third kappa shape index (κ3) is 4.76. The molecule has 112 valence electrons. The summed E-state index contributed by atoms with van der Waals surface area (Å²) in [6.07, 6.45) is 0.634. The zero-order valence-electron chi connectivity index (χ0n) is 11.1. The molecular weight excluding hydrogens is 358 g/mol. The van der Waals surface area contributed by atoms with Gasteiger partial charge >= 0.3 is 10.8 Å². The first kappa shape index (κ1) is 15.9. The first-order chi connectivity index (χ1) is 10.1. The minimum Gasteiger partial charge on any atom is -0.481 e. The van der Waals surface area contributed by atoms with E-state index in [0.29, 0.717) is 18.0 Å². The molecule has 0 aliphatic carbocycles. The predicted octanol–water partition coefficient (Wildman–Crippen LogP) is 2.15. The zero-order valence-corrected chi connectivity index (χ0v) is 13.5. The van der Waals surface area contributed by atoms with Crippen molar-refractivity contribution in [1.29, 1.82) is 0 Å². The normalized spacial score (nSPS) is 10.7. The van der Waals surface area contributed by atoms with Gasteiger partial charge in [0.15, 0.2) is 0 Å². The van der Waals surface area contributed by atoms with E-state index in [1.54, 1.807) is 0 Å². The van der Waals surface area contributed by atoms with E-state index in [2.05, 4.69) is 26.3 Å². The fraction of sp³-hybridized carbons (Fsp3) is 0.308. The third-order valence-corrected chi connectivity index (χ3v) is 4.07. The number of carbonyl (C=O) groups is 1. The van der Waals surface area contributed by atoms with Gasteiger partial charge in [0.25, 0.3) is 0 Å². The lowest BCUT2D eigenvalue weighted by molar-refractivity contribution is -0.137. The molecule has 2 rings (SSSR count). The van der Waals surface area contributed by atoms with E-state index in [1.165, 1.54) is 4.68 Å². The molecule has 0 atom stereocenters. The van der Waals surface area contributed by atoms with E-state index in [1.807, 2.05) is 24.3 Å². The molecule has 8 heteroatoms. The second-order valence-electron chi connectivity index (χ2n) is 4.34. The highest BCUT2D eigenvalue weighted by Crippen LogP contribution is 2.22. The van der Waals surface area contributed by atoms with Crippen LogP contribution in [0, 0.1) is 0 Å². The summed E-state index contributed by atoms with van der Waals surface area (Å²) >= 11 is 4.47.